The summed E-state index contributed by atoms with van der Waals surface area (Å²) in [6.07, 6.45) is 3.64. The fraction of sp³-hybridized carbons (Fsp3) is 0.211. The number of nitriles is 1. The van der Waals surface area contributed by atoms with E-state index < -0.39 is 0 Å². The van der Waals surface area contributed by atoms with Crippen molar-refractivity contribution in [3.63, 3.8) is 0 Å². The van der Waals surface area contributed by atoms with Gasteiger partial charge in [-0.3, -0.25) is 0 Å². The largest absolute Gasteiger partial charge is 0.497 e. The van der Waals surface area contributed by atoms with Gasteiger partial charge < -0.3 is 4.74 Å². The van der Waals surface area contributed by atoms with Gasteiger partial charge >= 0.3 is 0 Å². The molecule has 0 spiro atoms. The van der Waals surface area contributed by atoms with E-state index in [-0.39, 0.29) is 0 Å². The highest BCUT2D eigenvalue weighted by atomic mass is 16.5. The molecule has 2 aromatic carbocycles. The van der Waals surface area contributed by atoms with Gasteiger partial charge in [0.05, 0.1) is 13.2 Å². The van der Waals surface area contributed by atoms with Crippen molar-refractivity contribution >= 4 is 5.57 Å². The van der Waals surface area contributed by atoms with E-state index in [0.29, 0.717) is 5.92 Å². The van der Waals surface area contributed by atoms with Gasteiger partial charge in [-0.1, -0.05) is 36.4 Å². The van der Waals surface area contributed by atoms with Crippen molar-refractivity contribution < 1.29 is 4.74 Å². The second kappa shape index (κ2) is 5.85. The van der Waals surface area contributed by atoms with Gasteiger partial charge in [0.2, 0.25) is 0 Å². The van der Waals surface area contributed by atoms with Crippen LogP contribution in [0.3, 0.4) is 0 Å². The number of rotatable bonds is 3. The molecule has 2 nitrogen and oxygen atoms in total. The van der Waals surface area contributed by atoms with Crippen molar-refractivity contribution in [2.45, 2.75) is 12.8 Å². The molecule has 3 rings (SSSR count). The molecular formula is C19H17NO. The van der Waals surface area contributed by atoms with Gasteiger partial charge in [-0.2, -0.15) is 5.26 Å². The van der Waals surface area contributed by atoms with E-state index in [1.807, 2.05) is 18.2 Å². The maximum atomic E-state index is 9.10. The molecule has 1 aliphatic rings. The van der Waals surface area contributed by atoms with Crippen molar-refractivity contribution in [3.05, 3.63) is 71.3 Å². The molecule has 0 aliphatic heterocycles. The van der Waals surface area contributed by atoms with Crippen LogP contribution in [-0.2, 0) is 12.8 Å². The average Bonchev–Trinajstić information content (AvgIpc) is 2.85. The van der Waals surface area contributed by atoms with E-state index in [1.54, 1.807) is 13.2 Å². The van der Waals surface area contributed by atoms with Crippen LogP contribution in [0.2, 0.25) is 0 Å². The van der Waals surface area contributed by atoms with Crippen molar-refractivity contribution in [2.24, 2.45) is 5.92 Å². The fourth-order valence-electron chi connectivity index (χ4n) is 3.07. The number of allylic oxidation sites excluding steroid dienone is 2. The van der Waals surface area contributed by atoms with Crippen LogP contribution < -0.4 is 4.74 Å². The molecule has 0 bridgehead atoms. The molecule has 0 fully saturated rings. The van der Waals surface area contributed by atoms with E-state index >= 15 is 0 Å². The first kappa shape index (κ1) is 13.5. The van der Waals surface area contributed by atoms with Crippen molar-refractivity contribution in [1.82, 2.24) is 0 Å². The Bertz CT molecular complexity index is 710. The average molecular weight is 275 g/mol. The van der Waals surface area contributed by atoms with Crippen LogP contribution in [0.4, 0.5) is 0 Å². The number of benzene rings is 2. The van der Waals surface area contributed by atoms with Crippen LogP contribution in [-0.4, -0.2) is 7.11 Å². The second-order valence-electron chi connectivity index (χ2n) is 5.34. The lowest BCUT2D eigenvalue weighted by molar-refractivity contribution is 0.414. The van der Waals surface area contributed by atoms with Gasteiger partial charge in [0.15, 0.2) is 0 Å². The molecule has 1 aliphatic carbocycles. The quantitative estimate of drug-likeness (QED) is 0.793. The molecular weight excluding hydrogens is 258 g/mol. The van der Waals surface area contributed by atoms with Crippen LogP contribution in [0.5, 0.6) is 5.75 Å². The first-order valence-electron chi connectivity index (χ1n) is 7.12. The summed E-state index contributed by atoms with van der Waals surface area (Å²) in [5, 5.41) is 9.10. The molecule has 0 saturated carbocycles. The summed E-state index contributed by atoms with van der Waals surface area (Å²) in [6.45, 7) is 0. The zero-order valence-electron chi connectivity index (χ0n) is 12.0. The Labute approximate surface area is 125 Å². The summed E-state index contributed by atoms with van der Waals surface area (Å²) in [7, 11) is 1.67. The minimum absolute atomic E-state index is 0.370. The van der Waals surface area contributed by atoms with Crippen molar-refractivity contribution in [2.75, 3.05) is 7.11 Å². The molecule has 21 heavy (non-hydrogen) atoms. The molecule has 0 aromatic heterocycles. The Hall–Kier alpha value is -2.53. The molecule has 0 unspecified atom stereocenters. The Morgan fingerprint density at radius 2 is 2.05 bits per heavy atom. The molecule has 0 amide bonds. The predicted molar refractivity (Wildman–Crippen MR) is 83.9 cm³/mol. The zero-order chi connectivity index (χ0) is 14.7. The van der Waals surface area contributed by atoms with Crippen molar-refractivity contribution in [3.8, 4) is 11.8 Å². The summed E-state index contributed by atoms with van der Waals surface area (Å²) in [6, 6.07) is 18.8. The summed E-state index contributed by atoms with van der Waals surface area (Å²) in [5.74, 6) is 1.21. The Balaban J connectivity index is 1.94. The number of ether oxygens (including phenoxy) is 1. The smallest absolute Gasteiger partial charge is 0.119 e. The fourth-order valence-corrected chi connectivity index (χ4v) is 3.07. The topological polar surface area (TPSA) is 33.0 Å². The van der Waals surface area contributed by atoms with Gasteiger partial charge in [-0.15, -0.1) is 0 Å². The van der Waals surface area contributed by atoms with Gasteiger partial charge in [0.1, 0.15) is 5.75 Å². The van der Waals surface area contributed by atoms with Crippen LogP contribution in [0.25, 0.3) is 5.57 Å². The Morgan fingerprint density at radius 3 is 2.76 bits per heavy atom. The third-order valence-corrected chi connectivity index (χ3v) is 4.08. The van der Waals surface area contributed by atoms with Gasteiger partial charge in [0, 0.05) is 6.08 Å². The van der Waals surface area contributed by atoms with Crippen molar-refractivity contribution in [1.29, 1.82) is 5.26 Å². The van der Waals surface area contributed by atoms with E-state index in [4.69, 9.17) is 10.00 Å². The molecule has 104 valence electrons. The SMILES string of the molecule is COc1ccc2c(c1)/C(=C/C#N)[C@H](Cc1ccccc1)C2. The first-order chi connectivity index (χ1) is 10.3. The molecule has 0 N–H and O–H groups in total. The van der Waals surface area contributed by atoms with Crippen LogP contribution in [0.1, 0.15) is 16.7 Å². The number of hydrogen-bond donors (Lipinski definition) is 0. The number of methoxy groups -OCH3 is 1. The maximum absolute atomic E-state index is 9.10. The highest BCUT2D eigenvalue weighted by Crippen LogP contribution is 2.40. The number of fused-ring (bicyclic) bond motifs is 1. The van der Waals surface area contributed by atoms with Crippen LogP contribution in [0, 0.1) is 17.2 Å². The number of nitrogens with zero attached hydrogens (tertiary/aromatic N) is 1. The third-order valence-electron chi connectivity index (χ3n) is 4.08. The van der Waals surface area contributed by atoms with Crippen LogP contribution >= 0.6 is 0 Å². The van der Waals surface area contributed by atoms with Gasteiger partial charge in [0.25, 0.3) is 0 Å². The van der Waals surface area contributed by atoms with E-state index in [1.165, 1.54) is 11.1 Å². The Kier molecular flexibility index (Phi) is 3.75. The zero-order valence-corrected chi connectivity index (χ0v) is 12.0. The summed E-state index contributed by atoms with van der Waals surface area (Å²) < 4.78 is 5.31. The standard InChI is InChI=1S/C19H17NO/c1-21-17-8-7-15-12-16(11-14-5-3-2-4-6-14)18(9-10-20)19(15)13-17/h2-9,13,16H,11-12H2,1H3/b18-9+/t16-/m1/s1. The highest BCUT2D eigenvalue weighted by Gasteiger charge is 2.27. The lowest BCUT2D eigenvalue weighted by atomic mass is 9.92. The lowest BCUT2D eigenvalue weighted by Gasteiger charge is -2.11. The molecule has 1 atom stereocenters. The molecule has 0 saturated heterocycles. The molecule has 2 heteroatoms. The van der Waals surface area contributed by atoms with Gasteiger partial charge in [-0.25, -0.2) is 0 Å². The summed E-state index contributed by atoms with van der Waals surface area (Å²) in [4.78, 5) is 0. The first-order valence-corrected chi connectivity index (χ1v) is 7.12. The second-order valence-corrected chi connectivity index (χ2v) is 5.34. The lowest BCUT2D eigenvalue weighted by Crippen LogP contribution is -2.03. The van der Waals surface area contributed by atoms with Gasteiger partial charge in [-0.05, 0) is 53.2 Å². The number of hydrogen-bond acceptors (Lipinski definition) is 2. The minimum atomic E-state index is 0.370. The molecule has 2 aromatic rings. The molecule has 0 radical (unpaired) electrons. The summed E-state index contributed by atoms with van der Waals surface area (Å²) >= 11 is 0. The third kappa shape index (κ3) is 2.68. The highest BCUT2D eigenvalue weighted by molar-refractivity contribution is 5.77. The van der Waals surface area contributed by atoms with E-state index in [0.717, 1.165) is 29.7 Å². The Morgan fingerprint density at radius 1 is 1.24 bits per heavy atom. The monoisotopic (exact) mass is 275 g/mol. The minimum Gasteiger partial charge on any atom is -0.497 e. The summed E-state index contributed by atoms with van der Waals surface area (Å²) in [5.41, 5.74) is 4.91. The van der Waals surface area contributed by atoms with E-state index in [2.05, 4.69) is 36.4 Å². The predicted octanol–water partition coefficient (Wildman–Crippen LogP) is 4.02. The van der Waals surface area contributed by atoms with Crippen LogP contribution in [0.15, 0.2) is 54.6 Å². The van der Waals surface area contributed by atoms with E-state index in [9.17, 15) is 0 Å². The molecule has 0 heterocycles. The normalized spacial score (nSPS) is 18.3. The maximum Gasteiger partial charge on any atom is 0.119 e.